The van der Waals surface area contributed by atoms with Crippen LogP contribution in [0.2, 0.25) is 0 Å². The Morgan fingerprint density at radius 1 is 1.25 bits per heavy atom. The molecule has 2 atom stereocenters. The lowest BCUT2D eigenvalue weighted by Crippen LogP contribution is -2.48. The van der Waals surface area contributed by atoms with Crippen LogP contribution in [0.15, 0.2) is 0 Å². The molecule has 6 nitrogen and oxygen atoms in total. The summed E-state index contributed by atoms with van der Waals surface area (Å²) < 4.78 is 28.2. The number of hydrogen-bond donors (Lipinski definition) is 1. The number of nitrogens with one attached hydrogen (secondary N) is 1. The molecule has 114 valence electrons. The van der Waals surface area contributed by atoms with Gasteiger partial charge in [0.05, 0.1) is 18.1 Å². The smallest absolute Gasteiger partial charge is 0.317 e. The molecule has 2 aliphatic heterocycles. The van der Waals surface area contributed by atoms with Crippen molar-refractivity contribution in [2.45, 2.75) is 37.8 Å². The summed E-state index contributed by atoms with van der Waals surface area (Å²) in [6.07, 6.45) is 3.67. The molecule has 0 spiro atoms. The molecular weight excluding hydrogens is 280 g/mol. The van der Waals surface area contributed by atoms with Crippen LogP contribution in [0.1, 0.15) is 25.7 Å². The van der Waals surface area contributed by atoms with E-state index < -0.39 is 9.84 Å². The minimum Gasteiger partial charge on any atom is -0.381 e. The highest BCUT2D eigenvalue weighted by Crippen LogP contribution is 2.29. The molecule has 3 aliphatic rings. The zero-order valence-electron chi connectivity index (χ0n) is 11.6. The molecule has 1 N–H and O–H groups in total. The Bertz CT molecular complexity index is 469. The van der Waals surface area contributed by atoms with Crippen LogP contribution in [0.3, 0.4) is 0 Å². The first-order valence-corrected chi connectivity index (χ1v) is 9.21. The molecule has 3 rings (SSSR count). The maximum absolute atomic E-state index is 12.4. The number of carbonyl (C=O) groups excluding carboxylic acids is 1. The topological polar surface area (TPSA) is 75.7 Å². The van der Waals surface area contributed by atoms with Crippen LogP contribution in [0, 0.1) is 5.92 Å². The van der Waals surface area contributed by atoms with Crippen LogP contribution >= 0.6 is 0 Å². The van der Waals surface area contributed by atoms with E-state index in [1.807, 2.05) is 4.90 Å². The summed E-state index contributed by atoms with van der Waals surface area (Å²) in [4.78, 5) is 14.3. The van der Waals surface area contributed by atoms with Gasteiger partial charge in [-0.15, -0.1) is 0 Å². The van der Waals surface area contributed by atoms with Crippen molar-refractivity contribution >= 4 is 15.9 Å². The Hall–Kier alpha value is -0.820. The molecule has 20 heavy (non-hydrogen) atoms. The fourth-order valence-corrected chi connectivity index (χ4v) is 4.63. The minimum absolute atomic E-state index is 0.0871. The van der Waals surface area contributed by atoms with Crippen molar-refractivity contribution in [1.82, 2.24) is 10.2 Å². The van der Waals surface area contributed by atoms with E-state index in [4.69, 9.17) is 4.74 Å². The molecule has 0 aromatic rings. The maximum Gasteiger partial charge on any atom is 0.317 e. The van der Waals surface area contributed by atoms with Crippen LogP contribution in [0.5, 0.6) is 0 Å². The van der Waals surface area contributed by atoms with Gasteiger partial charge >= 0.3 is 6.03 Å². The van der Waals surface area contributed by atoms with Crippen LogP contribution in [0.4, 0.5) is 4.79 Å². The Balaban J connectivity index is 1.55. The monoisotopic (exact) mass is 302 g/mol. The molecule has 2 saturated heterocycles. The maximum atomic E-state index is 12.4. The fraction of sp³-hybridized carbons (Fsp3) is 0.923. The first kappa shape index (κ1) is 14.1. The third kappa shape index (κ3) is 3.44. The standard InChI is InChI=1S/C13H22N2O4S/c16-13(14-11-4-6-20(17,18)9-11)15(12-1-2-12)7-10-3-5-19-8-10/h10-12H,1-9H2,(H,14,16)/t10-,11+/m0/s1. The summed E-state index contributed by atoms with van der Waals surface area (Å²) in [5.74, 6) is 0.704. The molecule has 7 heteroatoms. The lowest BCUT2D eigenvalue weighted by molar-refractivity contribution is 0.161. The van der Waals surface area contributed by atoms with Gasteiger partial charge in [0.15, 0.2) is 9.84 Å². The number of hydrogen-bond acceptors (Lipinski definition) is 4. The fourth-order valence-electron chi connectivity index (χ4n) is 2.96. The molecule has 3 fully saturated rings. The molecule has 0 bridgehead atoms. The van der Waals surface area contributed by atoms with Crippen molar-refractivity contribution in [3.8, 4) is 0 Å². The van der Waals surface area contributed by atoms with E-state index in [1.165, 1.54) is 0 Å². The minimum atomic E-state index is -2.95. The van der Waals surface area contributed by atoms with E-state index in [9.17, 15) is 13.2 Å². The second-order valence-corrected chi connectivity index (χ2v) is 8.39. The Morgan fingerprint density at radius 3 is 2.60 bits per heavy atom. The van der Waals surface area contributed by atoms with E-state index in [0.29, 0.717) is 18.4 Å². The highest BCUT2D eigenvalue weighted by atomic mass is 32.2. The van der Waals surface area contributed by atoms with Gasteiger partial charge in [0.25, 0.3) is 0 Å². The zero-order valence-corrected chi connectivity index (χ0v) is 12.4. The summed E-state index contributed by atoms with van der Waals surface area (Å²) >= 11 is 0. The molecule has 2 heterocycles. The molecule has 0 unspecified atom stereocenters. The average molecular weight is 302 g/mol. The third-order valence-corrected chi connectivity index (χ3v) is 6.06. The van der Waals surface area contributed by atoms with Gasteiger partial charge in [0.2, 0.25) is 0 Å². The van der Waals surface area contributed by atoms with E-state index in [2.05, 4.69) is 5.32 Å². The predicted molar refractivity (Wildman–Crippen MR) is 74.2 cm³/mol. The number of ether oxygens (including phenoxy) is 1. The number of sulfone groups is 1. The number of carbonyl (C=O) groups is 1. The molecule has 2 amide bonds. The van der Waals surface area contributed by atoms with Gasteiger partial charge in [-0.1, -0.05) is 0 Å². The van der Waals surface area contributed by atoms with E-state index in [0.717, 1.165) is 39.0 Å². The molecule has 0 radical (unpaired) electrons. The van der Waals surface area contributed by atoms with Gasteiger partial charge < -0.3 is 15.0 Å². The predicted octanol–water partition coefficient (Wildman–Crippen LogP) is 0.384. The Labute approximate surface area is 119 Å². The summed E-state index contributed by atoms with van der Waals surface area (Å²) in [5, 5.41) is 2.90. The molecular formula is C13H22N2O4S. The molecule has 1 saturated carbocycles. The zero-order chi connectivity index (χ0) is 14.2. The first-order chi connectivity index (χ1) is 9.53. The molecule has 0 aromatic heterocycles. The van der Waals surface area contributed by atoms with Crippen molar-refractivity contribution in [3.05, 3.63) is 0 Å². The highest BCUT2D eigenvalue weighted by molar-refractivity contribution is 7.91. The highest BCUT2D eigenvalue weighted by Gasteiger charge is 2.37. The molecule has 0 aromatic carbocycles. The summed E-state index contributed by atoms with van der Waals surface area (Å²) in [6, 6.07) is 0.0312. The van der Waals surface area contributed by atoms with Crippen LogP contribution in [0.25, 0.3) is 0 Å². The largest absolute Gasteiger partial charge is 0.381 e. The average Bonchev–Trinajstić information content (AvgIpc) is 2.98. The number of nitrogens with zero attached hydrogens (tertiary/aromatic N) is 1. The van der Waals surface area contributed by atoms with Gasteiger partial charge in [-0.2, -0.15) is 0 Å². The third-order valence-electron chi connectivity index (χ3n) is 4.29. The SMILES string of the molecule is O=C(N[C@@H]1CCS(=O)(=O)C1)N(C[C@@H]1CCOC1)C1CC1. The lowest BCUT2D eigenvalue weighted by Gasteiger charge is -2.26. The number of amides is 2. The van der Waals surface area contributed by atoms with Gasteiger partial charge in [0, 0.05) is 31.2 Å². The number of rotatable bonds is 4. The Kier molecular flexibility index (Phi) is 3.90. The van der Waals surface area contributed by atoms with Crippen molar-refractivity contribution in [1.29, 1.82) is 0 Å². The summed E-state index contributed by atoms with van der Waals surface area (Å²) in [6.45, 7) is 2.25. The second kappa shape index (κ2) is 5.52. The van der Waals surface area contributed by atoms with Crippen molar-refractivity contribution < 1.29 is 17.9 Å². The van der Waals surface area contributed by atoms with E-state index >= 15 is 0 Å². The van der Waals surface area contributed by atoms with E-state index in [1.54, 1.807) is 0 Å². The summed E-state index contributed by atoms with van der Waals surface area (Å²) in [5.41, 5.74) is 0. The second-order valence-electron chi connectivity index (χ2n) is 6.16. The number of urea groups is 1. The first-order valence-electron chi connectivity index (χ1n) is 7.39. The van der Waals surface area contributed by atoms with Crippen LogP contribution in [-0.4, -0.2) is 62.7 Å². The molecule has 1 aliphatic carbocycles. The normalized spacial score (nSPS) is 32.2. The summed E-state index contributed by atoms with van der Waals surface area (Å²) in [7, 11) is -2.95. The van der Waals surface area contributed by atoms with E-state index in [-0.39, 0.29) is 23.6 Å². The van der Waals surface area contributed by atoms with Crippen molar-refractivity contribution in [3.63, 3.8) is 0 Å². The van der Waals surface area contributed by atoms with Crippen LogP contribution < -0.4 is 5.32 Å². The van der Waals surface area contributed by atoms with Gasteiger partial charge in [-0.05, 0) is 25.7 Å². The lowest BCUT2D eigenvalue weighted by atomic mass is 10.1. The quantitative estimate of drug-likeness (QED) is 0.815. The van der Waals surface area contributed by atoms with Crippen molar-refractivity contribution in [2.75, 3.05) is 31.3 Å². The van der Waals surface area contributed by atoms with Crippen molar-refractivity contribution in [2.24, 2.45) is 5.92 Å². The van der Waals surface area contributed by atoms with Gasteiger partial charge in [-0.3, -0.25) is 0 Å². The Morgan fingerprint density at radius 2 is 2.05 bits per heavy atom. The van der Waals surface area contributed by atoms with Crippen LogP contribution in [-0.2, 0) is 14.6 Å². The van der Waals surface area contributed by atoms with Gasteiger partial charge in [-0.25, -0.2) is 13.2 Å². The van der Waals surface area contributed by atoms with Gasteiger partial charge in [0.1, 0.15) is 0 Å².